The first-order valence-electron chi connectivity index (χ1n) is 12.1. The standard InChI is InChI=1S/C28H28N2O7S/c1-5-13-37-20-12-8-10-18(15-20)23(31)21-22(17-9-7-11-19(14-17)35-4)30(26(33)24(21)32)28-29-16(3)25(38-28)27(34)36-6-2/h7-12,14-15,22,31H,5-6,13H2,1-4H3/b23-21+. The number of ether oxygens (including phenoxy) is 3. The van der Waals surface area contributed by atoms with Gasteiger partial charge in [-0.15, -0.1) is 0 Å². The summed E-state index contributed by atoms with van der Waals surface area (Å²) in [6, 6.07) is 12.6. The van der Waals surface area contributed by atoms with Gasteiger partial charge in [-0.1, -0.05) is 42.5 Å². The highest BCUT2D eigenvalue weighted by atomic mass is 32.1. The molecule has 0 aliphatic carbocycles. The van der Waals surface area contributed by atoms with Crippen LogP contribution in [-0.2, 0) is 14.3 Å². The second kappa shape index (κ2) is 11.5. The summed E-state index contributed by atoms with van der Waals surface area (Å²) >= 11 is 0.952. The minimum Gasteiger partial charge on any atom is -0.507 e. The molecule has 0 saturated carbocycles. The van der Waals surface area contributed by atoms with Crippen LogP contribution in [0.15, 0.2) is 54.1 Å². The normalized spacial score (nSPS) is 16.5. The van der Waals surface area contributed by atoms with Gasteiger partial charge < -0.3 is 19.3 Å². The van der Waals surface area contributed by atoms with Gasteiger partial charge in [-0.3, -0.25) is 14.5 Å². The molecule has 1 saturated heterocycles. The molecule has 4 rings (SSSR count). The Morgan fingerprint density at radius 1 is 1.11 bits per heavy atom. The zero-order valence-electron chi connectivity index (χ0n) is 21.5. The highest BCUT2D eigenvalue weighted by molar-refractivity contribution is 7.17. The highest BCUT2D eigenvalue weighted by Gasteiger charge is 2.48. The average molecular weight is 537 g/mol. The Balaban J connectivity index is 1.89. The number of aryl methyl sites for hydroxylation is 1. The van der Waals surface area contributed by atoms with Crippen molar-refractivity contribution in [3.05, 3.63) is 75.8 Å². The number of nitrogens with zero attached hydrogens (tertiary/aromatic N) is 2. The Bertz CT molecular complexity index is 1410. The van der Waals surface area contributed by atoms with Crippen LogP contribution in [0.4, 0.5) is 5.13 Å². The molecule has 0 bridgehead atoms. The summed E-state index contributed by atoms with van der Waals surface area (Å²) in [4.78, 5) is 45.2. The van der Waals surface area contributed by atoms with Crippen molar-refractivity contribution >= 4 is 39.9 Å². The third-order valence-corrected chi connectivity index (χ3v) is 7.02. The maximum absolute atomic E-state index is 13.4. The number of carbonyl (C=O) groups excluding carboxylic acids is 3. The number of anilines is 1. The van der Waals surface area contributed by atoms with E-state index < -0.39 is 23.7 Å². The van der Waals surface area contributed by atoms with Gasteiger partial charge in [0.2, 0.25) is 0 Å². The Morgan fingerprint density at radius 3 is 2.55 bits per heavy atom. The molecule has 1 aliphatic heterocycles. The maximum Gasteiger partial charge on any atom is 0.350 e. The summed E-state index contributed by atoms with van der Waals surface area (Å²) in [5.74, 6) is -1.63. The predicted octanol–water partition coefficient (Wildman–Crippen LogP) is 5.05. The third kappa shape index (κ3) is 5.12. The molecule has 0 radical (unpaired) electrons. The van der Waals surface area contributed by atoms with Crippen LogP contribution < -0.4 is 14.4 Å². The molecule has 1 atom stereocenters. The summed E-state index contributed by atoms with van der Waals surface area (Å²) in [6.07, 6.45) is 0.804. The molecule has 1 aromatic heterocycles. The van der Waals surface area contributed by atoms with E-state index in [0.717, 1.165) is 17.8 Å². The van der Waals surface area contributed by atoms with Crippen LogP contribution in [0, 0.1) is 6.92 Å². The van der Waals surface area contributed by atoms with Gasteiger partial charge in [0, 0.05) is 5.56 Å². The zero-order chi connectivity index (χ0) is 27.4. The molecular weight excluding hydrogens is 508 g/mol. The number of aliphatic hydroxyl groups excluding tert-OH is 1. The lowest BCUT2D eigenvalue weighted by atomic mass is 9.95. The Labute approximate surface area is 224 Å². The van der Waals surface area contributed by atoms with Crippen molar-refractivity contribution < 1.29 is 33.7 Å². The van der Waals surface area contributed by atoms with E-state index in [0.29, 0.717) is 34.9 Å². The predicted molar refractivity (Wildman–Crippen MR) is 143 cm³/mol. The summed E-state index contributed by atoms with van der Waals surface area (Å²) < 4.78 is 16.2. The van der Waals surface area contributed by atoms with Gasteiger partial charge in [0.1, 0.15) is 22.1 Å². The number of benzene rings is 2. The fourth-order valence-corrected chi connectivity index (χ4v) is 5.12. The van der Waals surface area contributed by atoms with E-state index in [1.807, 2.05) is 6.92 Å². The van der Waals surface area contributed by atoms with Crippen LogP contribution in [0.3, 0.4) is 0 Å². The lowest BCUT2D eigenvalue weighted by molar-refractivity contribution is -0.132. The smallest absolute Gasteiger partial charge is 0.350 e. The minimum atomic E-state index is -1.02. The number of amides is 1. The molecule has 1 amide bonds. The molecule has 1 aliphatic rings. The van der Waals surface area contributed by atoms with Crippen molar-refractivity contribution in [1.82, 2.24) is 4.98 Å². The van der Waals surface area contributed by atoms with E-state index in [-0.39, 0.29) is 27.9 Å². The van der Waals surface area contributed by atoms with E-state index in [1.54, 1.807) is 62.4 Å². The summed E-state index contributed by atoms with van der Waals surface area (Å²) in [7, 11) is 1.51. The zero-order valence-corrected chi connectivity index (χ0v) is 22.3. The lowest BCUT2D eigenvalue weighted by Crippen LogP contribution is -2.29. The number of hydrogen-bond acceptors (Lipinski definition) is 9. The highest BCUT2D eigenvalue weighted by Crippen LogP contribution is 2.44. The quantitative estimate of drug-likeness (QED) is 0.175. The number of aliphatic hydroxyl groups is 1. The number of thiazole rings is 1. The van der Waals surface area contributed by atoms with Gasteiger partial charge >= 0.3 is 11.9 Å². The molecule has 2 aromatic carbocycles. The molecule has 1 N–H and O–H groups in total. The number of methoxy groups -OCH3 is 1. The largest absolute Gasteiger partial charge is 0.507 e. The fraction of sp³-hybridized carbons (Fsp3) is 0.286. The van der Waals surface area contributed by atoms with Crippen molar-refractivity contribution in [1.29, 1.82) is 0 Å². The van der Waals surface area contributed by atoms with Crippen molar-refractivity contribution in [2.45, 2.75) is 33.2 Å². The van der Waals surface area contributed by atoms with Crippen LogP contribution in [0.1, 0.15) is 52.8 Å². The van der Waals surface area contributed by atoms with Crippen LogP contribution in [0.25, 0.3) is 5.76 Å². The molecule has 1 unspecified atom stereocenters. The number of ketones is 1. The number of carbonyl (C=O) groups is 3. The van der Waals surface area contributed by atoms with Crippen molar-refractivity contribution in [3.63, 3.8) is 0 Å². The van der Waals surface area contributed by atoms with Gasteiger partial charge in [0.25, 0.3) is 5.78 Å². The van der Waals surface area contributed by atoms with Crippen LogP contribution >= 0.6 is 11.3 Å². The molecule has 0 spiro atoms. The summed E-state index contributed by atoms with van der Waals surface area (Å²) in [6.45, 7) is 5.97. The minimum absolute atomic E-state index is 0.110. The van der Waals surface area contributed by atoms with Gasteiger partial charge in [-0.25, -0.2) is 9.78 Å². The van der Waals surface area contributed by atoms with Gasteiger partial charge in [0.05, 0.1) is 37.6 Å². The number of aromatic nitrogens is 1. The Hall–Kier alpha value is -4.18. The SMILES string of the molecule is CCCOc1cccc(/C(O)=C2\C(=O)C(=O)N(c3nc(C)c(C(=O)OCC)s3)C2c2cccc(OC)c2)c1. The molecule has 1 fully saturated rings. The number of Topliss-reactive ketones (excluding diaryl/α,β-unsaturated/α-hetero) is 1. The molecule has 10 heteroatoms. The molecule has 9 nitrogen and oxygen atoms in total. The monoisotopic (exact) mass is 536 g/mol. The first-order valence-corrected chi connectivity index (χ1v) is 12.9. The topological polar surface area (TPSA) is 115 Å². The number of esters is 1. The van der Waals surface area contributed by atoms with Crippen molar-refractivity contribution in [3.8, 4) is 11.5 Å². The first kappa shape index (κ1) is 26.9. The first-order chi connectivity index (χ1) is 18.3. The number of rotatable bonds is 9. The van der Waals surface area contributed by atoms with Gasteiger partial charge in [-0.2, -0.15) is 0 Å². The fourth-order valence-electron chi connectivity index (χ4n) is 4.14. The van der Waals surface area contributed by atoms with Crippen LogP contribution in [0.2, 0.25) is 0 Å². The van der Waals surface area contributed by atoms with Gasteiger partial charge in [-0.05, 0) is 50.1 Å². The lowest BCUT2D eigenvalue weighted by Gasteiger charge is -2.23. The second-order valence-corrected chi connectivity index (χ2v) is 9.43. The Kier molecular flexibility index (Phi) is 8.11. The van der Waals surface area contributed by atoms with E-state index in [1.165, 1.54) is 12.0 Å². The van der Waals surface area contributed by atoms with Gasteiger partial charge in [0.15, 0.2) is 5.13 Å². The van der Waals surface area contributed by atoms with Crippen molar-refractivity contribution in [2.24, 2.45) is 0 Å². The van der Waals surface area contributed by atoms with E-state index in [4.69, 9.17) is 14.2 Å². The van der Waals surface area contributed by atoms with E-state index in [9.17, 15) is 19.5 Å². The summed E-state index contributed by atoms with van der Waals surface area (Å²) in [5, 5.41) is 11.5. The van der Waals surface area contributed by atoms with Crippen molar-refractivity contribution in [2.75, 3.05) is 25.2 Å². The second-order valence-electron chi connectivity index (χ2n) is 8.45. The maximum atomic E-state index is 13.4. The molecular formula is C28H28N2O7S. The molecule has 38 heavy (non-hydrogen) atoms. The average Bonchev–Trinajstić information content (AvgIpc) is 3.43. The summed E-state index contributed by atoms with van der Waals surface area (Å²) in [5.41, 5.74) is 1.11. The molecule has 3 aromatic rings. The van der Waals surface area contributed by atoms with Crippen LogP contribution in [-0.4, -0.2) is 48.1 Å². The molecule has 2 heterocycles. The van der Waals surface area contributed by atoms with E-state index in [2.05, 4.69) is 4.98 Å². The third-order valence-electron chi connectivity index (χ3n) is 5.89. The number of hydrogen-bond donors (Lipinski definition) is 1. The Morgan fingerprint density at radius 2 is 1.84 bits per heavy atom. The molecule has 198 valence electrons. The van der Waals surface area contributed by atoms with Crippen LogP contribution in [0.5, 0.6) is 11.5 Å². The van der Waals surface area contributed by atoms with E-state index >= 15 is 0 Å².